The fraction of sp³-hybridized carbons (Fsp3) is 0.444. The van der Waals surface area contributed by atoms with Crippen LogP contribution in [0.15, 0.2) is 23.3 Å². The molecular weight excluding hydrogens is 338 g/mol. The Balaban J connectivity index is 1.82. The Kier molecular flexibility index (Phi) is 7.13. The van der Waals surface area contributed by atoms with E-state index < -0.39 is 18.3 Å². The standard InChI is InChI=1S/C18H23N3O5/c1-26-15-8-3-5-12-13(15)6-2-7-14(12)20-21-16(22)9-4-10-19-17(23)11-18(24)25/h3,5,8H,2,4,6-7,9-11H2,1H3,(H,19,23)(H,21,22)(H,24,25)/b20-14-. The van der Waals surface area contributed by atoms with E-state index in [0.717, 1.165) is 41.9 Å². The first-order chi connectivity index (χ1) is 12.5. The highest BCUT2D eigenvalue weighted by molar-refractivity contribution is 6.03. The number of carboxylic acids is 1. The second-order valence-electron chi connectivity index (χ2n) is 5.96. The summed E-state index contributed by atoms with van der Waals surface area (Å²) in [6, 6.07) is 5.79. The van der Waals surface area contributed by atoms with E-state index in [1.54, 1.807) is 7.11 Å². The third-order valence-electron chi connectivity index (χ3n) is 4.03. The molecular formula is C18H23N3O5. The SMILES string of the molecule is COc1cccc2c1CCC/C2=N/NC(=O)CCCNC(=O)CC(=O)O. The Morgan fingerprint density at radius 2 is 2.04 bits per heavy atom. The summed E-state index contributed by atoms with van der Waals surface area (Å²) in [4.78, 5) is 33.4. The van der Waals surface area contributed by atoms with Gasteiger partial charge < -0.3 is 15.2 Å². The third-order valence-corrected chi connectivity index (χ3v) is 4.03. The molecule has 8 nitrogen and oxygen atoms in total. The number of hydrogen-bond donors (Lipinski definition) is 3. The number of hydrogen-bond acceptors (Lipinski definition) is 5. The summed E-state index contributed by atoms with van der Waals surface area (Å²) in [5.74, 6) is -1.16. The van der Waals surface area contributed by atoms with Crippen LogP contribution in [-0.4, -0.2) is 42.3 Å². The molecule has 1 aromatic rings. The van der Waals surface area contributed by atoms with Crippen molar-refractivity contribution in [2.24, 2.45) is 5.10 Å². The number of carboxylic acid groups (broad SMARTS) is 1. The molecule has 0 unspecified atom stereocenters. The molecule has 0 atom stereocenters. The van der Waals surface area contributed by atoms with Crippen LogP contribution in [0.5, 0.6) is 5.75 Å². The van der Waals surface area contributed by atoms with Gasteiger partial charge in [0.1, 0.15) is 12.2 Å². The molecule has 0 bridgehead atoms. The fourth-order valence-electron chi connectivity index (χ4n) is 2.83. The van der Waals surface area contributed by atoms with Gasteiger partial charge in [-0.25, -0.2) is 5.43 Å². The first-order valence-corrected chi connectivity index (χ1v) is 8.51. The van der Waals surface area contributed by atoms with Gasteiger partial charge >= 0.3 is 5.97 Å². The number of benzene rings is 1. The quantitative estimate of drug-likeness (QED) is 0.366. The highest BCUT2D eigenvalue weighted by atomic mass is 16.5. The summed E-state index contributed by atoms with van der Waals surface area (Å²) in [5.41, 5.74) is 5.48. The number of aliphatic carboxylic acids is 1. The van der Waals surface area contributed by atoms with Crippen LogP contribution in [0, 0.1) is 0 Å². The molecule has 0 spiro atoms. The van der Waals surface area contributed by atoms with Crippen molar-refractivity contribution in [1.82, 2.24) is 10.7 Å². The fourth-order valence-corrected chi connectivity index (χ4v) is 2.83. The Morgan fingerprint density at radius 3 is 2.77 bits per heavy atom. The van der Waals surface area contributed by atoms with Gasteiger partial charge in [-0.05, 0) is 31.7 Å². The van der Waals surface area contributed by atoms with Crippen LogP contribution < -0.4 is 15.5 Å². The number of rotatable bonds is 8. The summed E-state index contributed by atoms with van der Waals surface area (Å²) in [7, 11) is 1.64. The normalized spacial score (nSPS) is 14.4. The van der Waals surface area contributed by atoms with Gasteiger partial charge in [-0.1, -0.05) is 12.1 Å². The first kappa shape index (κ1) is 19.4. The van der Waals surface area contributed by atoms with Gasteiger partial charge in [-0.15, -0.1) is 0 Å². The lowest BCUT2D eigenvalue weighted by Gasteiger charge is -2.20. The number of nitrogens with one attached hydrogen (secondary N) is 2. The topological polar surface area (TPSA) is 117 Å². The zero-order valence-corrected chi connectivity index (χ0v) is 14.7. The van der Waals surface area contributed by atoms with Gasteiger partial charge in [0.25, 0.3) is 0 Å². The van der Waals surface area contributed by atoms with E-state index in [0.29, 0.717) is 6.42 Å². The first-order valence-electron chi connectivity index (χ1n) is 8.51. The van der Waals surface area contributed by atoms with E-state index in [1.165, 1.54) is 0 Å². The van der Waals surface area contributed by atoms with Crippen LogP contribution in [-0.2, 0) is 20.8 Å². The lowest BCUT2D eigenvalue weighted by molar-refractivity contribution is -0.140. The molecule has 2 rings (SSSR count). The van der Waals surface area contributed by atoms with Gasteiger partial charge in [0, 0.05) is 24.1 Å². The molecule has 8 heteroatoms. The van der Waals surface area contributed by atoms with Crippen molar-refractivity contribution >= 4 is 23.5 Å². The van der Waals surface area contributed by atoms with Crippen LogP contribution in [0.2, 0.25) is 0 Å². The van der Waals surface area contributed by atoms with E-state index in [1.807, 2.05) is 18.2 Å². The molecule has 140 valence electrons. The molecule has 1 aliphatic carbocycles. The average molecular weight is 361 g/mol. The largest absolute Gasteiger partial charge is 0.496 e. The van der Waals surface area contributed by atoms with Crippen molar-refractivity contribution in [1.29, 1.82) is 0 Å². The van der Waals surface area contributed by atoms with Crippen molar-refractivity contribution < 1.29 is 24.2 Å². The minimum Gasteiger partial charge on any atom is -0.496 e. The summed E-state index contributed by atoms with van der Waals surface area (Å²) in [6.45, 7) is 0.246. The lowest BCUT2D eigenvalue weighted by Crippen LogP contribution is -2.28. The predicted molar refractivity (Wildman–Crippen MR) is 95.1 cm³/mol. The Bertz CT molecular complexity index is 715. The molecule has 0 fully saturated rings. The van der Waals surface area contributed by atoms with Gasteiger partial charge in [-0.3, -0.25) is 14.4 Å². The van der Waals surface area contributed by atoms with Gasteiger partial charge in [0.2, 0.25) is 11.8 Å². The van der Waals surface area contributed by atoms with Crippen molar-refractivity contribution in [2.75, 3.05) is 13.7 Å². The van der Waals surface area contributed by atoms with Crippen LogP contribution in [0.3, 0.4) is 0 Å². The number of nitrogens with zero attached hydrogens (tertiary/aromatic N) is 1. The molecule has 0 saturated carbocycles. The number of fused-ring (bicyclic) bond motifs is 1. The second-order valence-corrected chi connectivity index (χ2v) is 5.96. The molecule has 2 amide bonds. The van der Waals surface area contributed by atoms with Crippen molar-refractivity contribution in [3.63, 3.8) is 0 Å². The van der Waals surface area contributed by atoms with Crippen LogP contribution in [0.25, 0.3) is 0 Å². The minimum absolute atomic E-state index is 0.190. The van der Waals surface area contributed by atoms with Crippen LogP contribution in [0.1, 0.15) is 43.2 Å². The smallest absolute Gasteiger partial charge is 0.312 e. The van der Waals surface area contributed by atoms with Gasteiger partial charge in [0.05, 0.1) is 12.8 Å². The van der Waals surface area contributed by atoms with Crippen LogP contribution >= 0.6 is 0 Å². The molecule has 0 radical (unpaired) electrons. The van der Waals surface area contributed by atoms with E-state index >= 15 is 0 Å². The zero-order valence-electron chi connectivity index (χ0n) is 14.7. The second kappa shape index (κ2) is 9.55. The zero-order chi connectivity index (χ0) is 18.9. The minimum atomic E-state index is -1.18. The molecule has 0 aliphatic heterocycles. The molecule has 26 heavy (non-hydrogen) atoms. The molecule has 1 aromatic carbocycles. The number of amides is 2. The van der Waals surface area contributed by atoms with Gasteiger partial charge in [0.15, 0.2) is 0 Å². The van der Waals surface area contributed by atoms with E-state index in [4.69, 9.17) is 9.84 Å². The highest BCUT2D eigenvalue weighted by Gasteiger charge is 2.19. The van der Waals surface area contributed by atoms with E-state index in [-0.39, 0.29) is 18.9 Å². The molecule has 0 aromatic heterocycles. The summed E-state index contributed by atoms with van der Waals surface area (Å²) < 4.78 is 5.38. The monoisotopic (exact) mass is 361 g/mol. The van der Waals surface area contributed by atoms with Crippen molar-refractivity contribution in [3.8, 4) is 5.75 Å². The van der Waals surface area contributed by atoms with Crippen LogP contribution in [0.4, 0.5) is 0 Å². The average Bonchev–Trinajstić information content (AvgIpc) is 2.62. The Labute approximate surface area is 151 Å². The van der Waals surface area contributed by atoms with E-state index in [2.05, 4.69) is 15.8 Å². The summed E-state index contributed by atoms with van der Waals surface area (Å²) in [6.07, 6.45) is 2.68. The maximum Gasteiger partial charge on any atom is 0.312 e. The number of carbonyl (C=O) groups is 3. The third kappa shape index (κ3) is 5.58. The lowest BCUT2D eigenvalue weighted by atomic mass is 9.89. The maximum absolute atomic E-state index is 11.9. The van der Waals surface area contributed by atoms with E-state index in [9.17, 15) is 14.4 Å². The molecule has 3 N–H and O–H groups in total. The predicted octanol–water partition coefficient (Wildman–Crippen LogP) is 1.22. The Hall–Kier alpha value is -2.90. The summed E-state index contributed by atoms with van der Waals surface area (Å²) in [5, 5.41) is 15.2. The summed E-state index contributed by atoms with van der Waals surface area (Å²) >= 11 is 0. The number of carbonyl (C=O) groups excluding carboxylic acids is 2. The highest BCUT2D eigenvalue weighted by Crippen LogP contribution is 2.29. The molecule has 0 heterocycles. The Morgan fingerprint density at radius 1 is 1.23 bits per heavy atom. The molecule has 1 aliphatic rings. The number of ether oxygens (including phenoxy) is 1. The van der Waals surface area contributed by atoms with Gasteiger partial charge in [-0.2, -0.15) is 5.10 Å². The molecule has 0 saturated heterocycles. The number of hydrazone groups is 1. The van der Waals surface area contributed by atoms with Crippen molar-refractivity contribution in [3.05, 3.63) is 29.3 Å². The maximum atomic E-state index is 11.9. The number of methoxy groups -OCH3 is 1. The van der Waals surface area contributed by atoms with Crippen molar-refractivity contribution in [2.45, 2.75) is 38.5 Å².